The number of pyridine rings is 1. The second-order valence-corrected chi connectivity index (χ2v) is 9.42. The minimum atomic E-state index is -0.516. The average molecular weight is 457 g/mol. The number of H-pyrrole nitrogens is 1. The molecule has 2 aromatic carbocycles. The number of amides is 1. The van der Waals surface area contributed by atoms with Crippen LogP contribution in [0.3, 0.4) is 0 Å². The quantitative estimate of drug-likeness (QED) is 0.372. The molecule has 0 saturated carbocycles. The van der Waals surface area contributed by atoms with Gasteiger partial charge >= 0.3 is 6.09 Å². The van der Waals surface area contributed by atoms with Crippen molar-refractivity contribution in [2.24, 2.45) is 0 Å². The van der Waals surface area contributed by atoms with Crippen molar-refractivity contribution in [2.75, 3.05) is 11.9 Å². The molecular formula is C27H28N4O3. The molecule has 1 aliphatic rings. The van der Waals surface area contributed by atoms with Crippen LogP contribution in [0.1, 0.15) is 32.0 Å². The van der Waals surface area contributed by atoms with Crippen molar-refractivity contribution >= 4 is 28.5 Å². The molecule has 34 heavy (non-hydrogen) atoms. The highest BCUT2D eigenvalue weighted by molar-refractivity contribution is 5.86. The van der Waals surface area contributed by atoms with E-state index < -0.39 is 5.60 Å². The Morgan fingerprint density at radius 2 is 1.76 bits per heavy atom. The third kappa shape index (κ3) is 4.83. The Labute approximate surface area is 198 Å². The third-order valence-corrected chi connectivity index (χ3v) is 5.60. The zero-order chi connectivity index (χ0) is 23.7. The number of carbonyl (C=O) groups excluding carboxylic acids is 1. The molecule has 2 N–H and O–H groups in total. The first-order valence-corrected chi connectivity index (χ1v) is 11.4. The van der Waals surface area contributed by atoms with E-state index in [2.05, 4.69) is 21.4 Å². The Balaban J connectivity index is 1.32. The third-order valence-electron chi connectivity index (χ3n) is 5.60. The molecule has 0 atom stereocenters. The molecule has 1 amide bonds. The van der Waals surface area contributed by atoms with Crippen molar-refractivity contribution in [3.05, 3.63) is 78.1 Å². The van der Waals surface area contributed by atoms with E-state index in [1.54, 1.807) is 4.90 Å². The molecular weight excluding hydrogens is 428 g/mol. The van der Waals surface area contributed by atoms with E-state index >= 15 is 0 Å². The molecule has 7 nitrogen and oxygen atoms in total. The first kappa shape index (κ1) is 21.8. The van der Waals surface area contributed by atoms with Crippen LogP contribution in [-0.2, 0) is 17.7 Å². The molecule has 0 saturated heterocycles. The van der Waals surface area contributed by atoms with Gasteiger partial charge in [0, 0.05) is 35.3 Å². The van der Waals surface area contributed by atoms with Gasteiger partial charge in [0.05, 0.1) is 18.4 Å². The van der Waals surface area contributed by atoms with Gasteiger partial charge in [0.1, 0.15) is 22.7 Å². The number of ether oxygens (including phenoxy) is 2. The number of carbonyl (C=O) groups is 1. The smallest absolute Gasteiger partial charge is 0.410 e. The van der Waals surface area contributed by atoms with E-state index in [1.165, 1.54) is 0 Å². The normalized spacial score (nSPS) is 13.4. The van der Waals surface area contributed by atoms with Gasteiger partial charge in [0.2, 0.25) is 0 Å². The van der Waals surface area contributed by atoms with Gasteiger partial charge in [0.15, 0.2) is 0 Å². The zero-order valence-electron chi connectivity index (χ0n) is 19.6. The van der Waals surface area contributed by atoms with Crippen LogP contribution in [0.25, 0.3) is 11.0 Å². The molecule has 0 fully saturated rings. The average Bonchev–Trinajstić information content (AvgIpc) is 3.17. The topological polar surface area (TPSA) is 79.5 Å². The lowest BCUT2D eigenvalue weighted by Crippen LogP contribution is -2.39. The van der Waals surface area contributed by atoms with Gasteiger partial charge in [-0.1, -0.05) is 18.2 Å². The van der Waals surface area contributed by atoms with Gasteiger partial charge in [-0.3, -0.25) is 0 Å². The lowest BCUT2D eigenvalue weighted by molar-refractivity contribution is 0.0224. The maximum atomic E-state index is 12.6. The molecule has 1 aliphatic heterocycles. The second kappa shape index (κ2) is 8.74. The Bertz CT molecular complexity index is 1310. The number of hydrogen-bond acceptors (Lipinski definition) is 5. The number of rotatable bonds is 4. The number of fused-ring (bicyclic) bond motifs is 3. The lowest BCUT2D eigenvalue weighted by Gasteiger charge is -2.30. The number of nitrogens with zero attached hydrogens (tertiary/aromatic N) is 2. The molecule has 4 aromatic rings. The van der Waals surface area contributed by atoms with Gasteiger partial charge in [-0.15, -0.1) is 0 Å². The van der Waals surface area contributed by atoms with Crippen LogP contribution in [0.15, 0.2) is 66.9 Å². The van der Waals surface area contributed by atoms with E-state index in [0.29, 0.717) is 13.1 Å². The molecule has 174 valence electrons. The van der Waals surface area contributed by atoms with Crippen molar-refractivity contribution in [3.63, 3.8) is 0 Å². The summed E-state index contributed by atoms with van der Waals surface area (Å²) in [5.41, 5.74) is 4.34. The largest absolute Gasteiger partial charge is 0.457 e. The van der Waals surface area contributed by atoms with Gasteiger partial charge in [0.25, 0.3) is 0 Å². The number of anilines is 2. The van der Waals surface area contributed by atoms with Crippen LogP contribution >= 0.6 is 0 Å². The summed E-state index contributed by atoms with van der Waals surface area (Å²) in [5.74, 6) is 1.57. The van der Waals surface area contributed by atoms with Gasteiger partial charge in [-0.25, -0.2) is 9.78 Å². The summed E-state index contributed by atoms with van der Waals surface area (Å²) in [6.45, 7) is 6.77. The molecule has 3 heterocycles. The van der Waals surface area contributed by atoms with Crippen LogP contribution in [0.4, 0.5) is 16.2 Å². The van der Waals surface area contributed by atoms with Crippen molar-refractivity contribution < 1.29 is 14.3 Å². The highest BCUT2D eigenvalue weighted by atomic mass is 16.6. The molecule has 2 aromatic heterocycles. The van der Waals surface area contributed by atoms with E-state index in [-0.39, 0.29) is 6.09 Å². The monoisotopic (exact) mass is 456 g/mol. The fourth-order valence-corrected chi connectivity index (χ4v) is 4.03. The van der Waals surface area contributed by atoms with Crippen molar-refractivity contribution in [1.82, 2.24) is 14.9 Å². The summed E-state index contributed by atoms with van der Waals surface area (Å²) in [6.07, 6.45) is 2.27. The van der Waals surface area contributed by atoms with Crippen LogP contribution in [-0.4, -0.2) is 33.1 Å². The van der Waals surface area contributed by atoms with Crippen LogP contribution in [0.2, 0.25) is 0 Å². The van der Waals surface area contributed by atoms with E-state index in [9.17, 15) is 4.79 Å². The number of hydrogen-bond donors (Lipinski definition) is 2. The molecule has 0 spiro atoms. The predicted molar refractivity (Wildman–Crippen MR) is 133 cm³/mol. The van der Waals surface area contributed by atoms with Gasteiger partial charge < -0.3 is 24.7 Å². The fraction of sp³-hybridized carbons (Fsp3) is 0.259. The highest BCUT2D eigenvalue weighted by Crippen LogP contribution is 2.31. The molecule has 0 unspecified atom stereocenters. The first-order valence-electron chi connectivity index (χ1n) is 11.4. The Hall–Kier alpha value is -4.00. The zero-order valence-corrected chi connectivity index (χ0v) is 19.6. The number of nitrogens with one attached hydrogen (secondary N) is 2. The second-order valence-electron chi connectivity index (χ2n) is 9.42. The molecule has 0 bridgehead atoms. The minimum absolute atomic E-state index is 0.285. The fourth-order valence-electron chi connectivity index (χ4n) is 4.03. The SMILES string of the molecule is CC(C)(C)OC(=O)N1CCc2[nH]c3ncc(Nc4ccc(Oc5ccccc5)cc4)cc3c2C1. The van der Waals surface area contributed by atoms with Crippen LogP contribution in [0, 0.1) is 0 Å². The van der Waals surface area contributed by atoms with Crippen molar-refractivity contribution in [1.29, 1.82) is 0 Å². The standard InChI is InChI=1S/C27H28N4O3/c1-27(2,3)34-26(32)31-14-13-24-23(17-31)22-15-19(16-28-25(22)30-24)29-18-9-11-21(12-10-18)33-20-7-5-4-6-8-20/h4-12,15-16,29H,13-14,17H2,1-3H3,(H,28,30). The Kier molecular flexibility index (Phi) is 5.61. The summed E-state index contributed by atoms with van der Waals surface area (Å²) in [5, 5.41) is 4.42. The molecule has 0 aliphatic carbocycles. The van der Waals surface area contributed by atoms with E-state index in [4.69, 9.17) is 9.47 Å². The summed E-state index contributed by atoms with van der Waals surface area (Å²) < 4.78 is 11.4. The van der Waals surface area contributed by atoms with E-state index in [1.807, 2.05) is 81.6 Å². The maximum absolute atomic E-state index is 12.6. The van der Waals surface area contributed by atoms with Crippen LogP contribution in [0.5, 0.6) is 11.5 Å². The number of benzene rings is 2. The molecule has 7 heteroatoms. The molecule has 5 rings (SSSR count). The van der Waals surface area contributed by atoms with Crippen LogP contribution < -0.4 is 10.1 Å². The summed E-state index contributed by atoms with van der Waals surface area (Å²) in [4.78, 5) is 22.4. The van der Waals surface area contributed by atoms with E-state index in [0.717, 1.165) is 51.6 Å². The summed E-state index contributed by atoms with van der Waals surface area (Å²) >= 11 is 0. The maximum Gasteiger partial charge on any atom is 0.410 e. The summed E-state index contributed by atoms with van der Waals surface area (Å²) in [7, 11) is 0. The van der Waals surface area contributed by atoms with Gasteiger partial charge in [-0.2, -0.15) is 0 Å². The Morgan fingerprint density at radius 3 is 2.50 bits per heavy atom. The minimum Gasteiger partial charge on any atom is -0.457 e. The van der Waals surface area contributed by atoms with Crippen molar-refractivity contribution in [2.45, 2.75) is 39.3 Å². The summed E-state index contributed by atoms with van der Waals surface area (Å²) in [6, 6.07) is 19.6. The number of para-hydroxylation sites is 1. The highest BCUT2D eigenvalue weighted by Gasteiger charge is 2.28. The first-order chi connectivity index (χ1) is 16.3. The van der Waals surface area contributed by atoms with Crippen molar-refractivity contribution in [3.8, 4) is 11.5 Å². The number of aromatic nitrogens is 2. The number of aromatic amines is 1. The predicted octanol–water partition coefficient (Wildman–Crippen LogP) is 6.39. The lowest BCUT2D eigenvalue weighted by atomic mass is 10.1. The molecule has 0 radical (unpaired) electrons. The Morgan fingerprint density at radius 1 is 1.03 bits per heavy atom. The van der Waals surface area contributed by atoms with Gasteiger partial charge in [-0.05, 0) is 63.2 Å².